The standard InChI is InChI=1S/C19H15Cl2N3O3/c1-11-9-14(26-2)6-7-15(11)18-19(24-27-23-18)22-17(25)8-4-12-3-5-13(20)10-16(12)21/h3-10H,1-2H3,(H,22,24,25)/b8-4+. The number of ether oxygens (including phenoxy) is 1. The lowest BCUT2D eigenvalue weighted by Gasteiger charge is -2.06. The number of hydrogen-bond acceptors (Lipinski definition) is 5. The van der Waals surface area contributed by atoms with Gasteiger partial charge in [0.05, 0.1) is 7.11 Å². The van der Waals surface area contributed by atoms with Gasteiger partial charge in [-0.1, -0.05) is 29.3 Å². The number of anilines is 1. The van der Waals surface area contributed by atoms with E-state index >= 15 is 0 Å². The number of nitrogens with one attached hydrogen (secondary N) is 1. The summed E-state index contributed by atoms with van der Waals surface area (Å²) in [5.74, 6) is 0.547. The summed E-state index contributed by atoms with van der Waals surface area (Å²) in [6.45, 7) is 1.90. The summed E-state index contributed by atoms with van der Waals surface area (Å²) in [4.78, 5) is 12.2. The highest BCUT2D eigenvalue weighted by Crippen LogP contribution is 2.30. The molecule has 3 rings (SSSR count). The van der Waals surface area contributed by atoms with Crippen LogP contribution in [0.25, 0.3) is 17.3 Å². The predicted molar refractivity (Wildman–Crippen MR) is 105 cm³/mol. The first kappa shape index (κ1) is 18.9. The number of rotatable bonds is 5. The highest BCUT2D eigenvalue weighted by atomic mass is 35.5. The minimum Gasteiger partial charge on any atom is -0.497 e. The van der Waals surface area contributed by atoms with Crippen LogP contribution in [-0.4, -0.2) is 23.3 Å². The first-order valence-electron chi connectivity index (χ1n) is 7.89. The lowest BCUT2D eigenvalue weighted by atomic mass is 10.1. The maximum absolute atomic E-state index is 12.2. The van der Waals surface area contributed by atoms with Crippen LogP contribution in [0.4, 0.5) is 5.82 Å². The smallest absolute Gasteiger partial charge is 0.249 e. The lowest BCUT2D eigenvalue weighted by Crippen LogP contribution is -2.09. The van der Waals surface area contributed by atoms with E-state index in [-0.39, 0.29) is 5.82 Å². The van der Waals surface area contributed by atoms with Crippen LogP contribution in [0.2, 0.25) is 10.0 Å². The number of nitrogens with zero attached hydrogens (tertiary/aromatic N) is 2. The fraction of sp³-hybridized carbons (Fsp3) is 0.105. The molecule has 0 bridgehead atoms. The third kappa shape index (κ3) is 4.48. The molecule has 3 aromatic rings. The van der Waals surface area contributed by atoms with Gasteiger partial charge in [0.25, 0.3) is 0 Å². The molecule has 0 spiro atoms. The van der Waals surface area contributed by atoms with Gasteiger partial charge in [0.2, 0.25) is 11.7 Å². The van der Waals surface area contributed by atoms with Crippen molar-refractivity contribution in [1.82, 2.24) is 10.3 Å². The average Bonchev–Trinajstić information content (AvgIpc) is 3.08. The largest absolute Gasteiger partial charge is 0.497 e. The summed E-state index contributed by atoms with van der Waals surface area (Å²) in [6, 6.07) is 10.5. The van der Waals surface area contributed by atoms with E-state index in [0.717, 1.165) is 16.9 Å². The zero-order valence-electron chi connectivity index (χ0n) is 14.5. The molecule has 1 aromatic heterocycles. The second-order valence-corrected chi connectivity index (χ2v) is 6.47. The van der Waals surface area contributed by atoms with Crippen LogP contribution < -0.4 is 10.1 Å². The zero-order valence-corrected chi connectivity index (χ0v) is 16.0. The van der Waals surface area contributed by atoms with Gasteiger partial charge >= 0.3 is 0 Å². The monoisotopic (exact) mass is 403 g/mol. The Morgan fingerprint density at radius 1 is 1.19 bits per heavy atom. The van der Waals surface area contributed by atoms with Crippen molar-refractivity contribution < 1.29 is 14.2 Å². The van der Waals surface area contributed by atoms with E-state index in [1.54, 1.807) is 37.5 Å². The number of carbonyl (C=O) groups is 1. The minimum atomic E-state index is -0.399. The molecule has 2 aromatic carbocycles. The van der Waals surface area contributed by atoms with Crippen molar-refractivity contribution in [2.24, 2.45) is 0 Å². The van der Waals surface area contributed by atoms with Gasteiger partial charge in [-0.2, -0.15) is 0 Å². The molecule has 1 heterocycles. The van der Waals surface area contributed by atoms with Crippen molar-refractivity contribution >= 4 is 41.0 Å². The maximum atomic E-state index is 12.2. The summed E-state index contributed by atoms with van der Waals surface area (Å²) in [6.07, 6.45) is 2.92. The summed E-state index contributed by atoms with van der Waals surface area (Å²) < 4.78 is 10.00. The average molecular weight is 404 g/mol. The lowest BCUT2D eigenvalue weighted by molar-refractivity contribution is -0.111. The van der Waals surface area contributed by atoms with Crippen LogP contribution in [-0.2, 0) is 4.79 Å². The SMILES string of the molecule is COc1ccc(-c2nonc2NC(=O)/C=C/c2ccc(Cl)cc2Cl)c(C)c1. The van der Waals surface area contributed by atoms with Crippen molar-refractivity contribution in [1.29, 1.82) is 0 Å². The molecule has 0 atom stereocenters. The molecule has 0 aliphatic heterocycles. The van der Waals surface area contributed by atoms with E-state index < -0.39 is 5.91 Å². The Hall–Kier alpha value is -2.83. The number of methoxy groups -OCH3 is 1. The Bertz CT molecular complexity index is 1020. The molecule has 0 fully saturated rings. The van der Waals surface area contributed by atoms with Crippen LogP contribution in [0, 0.1) is 6.92 Å². The molecule has 0 aliphatic carbocycles. The van der Waals surface area contributed by atoms with Gasteiger partial charge in [0.1, 0.15) is 5.75 Å². The molecule has 27 heavy (non-hydrogen) atoms. The molecule has 8 heteroatoms. The summed E-state index contributed by atoms with van der Waals surface area (Å²) in [5, 5.41) is 11.3. The quantitative estimate of drug-likeness (QED) is 0.605. The zero-order chi connectivity index (χ0) is 19.4. The predicted octanol–water partition coefficient (Wildman–Crippen LogP) is 5.01. The van der Waals surface area contributed by atoms with E-state index in [1.807, 2.05) is 19.1 Å². The van der Waals surface area contributed by atoms with E-state index in [2.05, 4.69) is 15.6 Å². The van der Waals surface area contributed by atoms with Crippen LogP contribution >= 0.6 is 23.2 Å². The second kappa shape index (κ2) is 8.24. The first-order chi connectivity index (χ1) is 13.0. The van der Waals surface area contributed by atoms with Gasteiger partial charge in [-0.3, -0.25) is 4.79 Å². The number of aromatic nitrogens is 2. The molecular formula is C19H15Cl2N3O3. The van der Waals surface area contributed by atoms with Gasteiger partial charge in [0, 0.05) is 21.7 Å². The van der Waals surface area contributed by atoms with E-state index in [9.17, 15) is 4.79 Å². The Labute approximate surface area is 165 Å². The number of benzene rings is 2. The van der Waals surface area contributed by atoms with Crippen LogP contribution in [0.1, 0.15) is 11.1 Å². The number of halogens is 2. The van der Waals surface area contributed by atoms with Crippen molar-refractivity contribution in [3.63, 3.8) is 0 Å². The van der Waals surface area contributed by atoms with Crippen molar-refractivity contribution in [3.8, 4) is 17.0 Å². The van der Waals surface area contributed by atoms with Gasteiger partial charge < -0.3 is 10.1 Å². The highest BCUT2D eigenvalue weighted by molar-refractivity contribution is 6.35. The van der Waals surface area contributed by atoms with Crippen molar-refractivity contribution in [2.75, 3.05) is 12.4 Å². The number of amides is 1. The second-order valence-electron chi connectivity index (χ2n) is 5.63. The Morgan fingerprint density at radius 2 is 2.00 bits per heavy atom. The number of aryl methyl sites for hydroxylation is 1. The number of hydrogen-bond donors (Lipinski definition) is 1. The molecule has 0 radical (unpaired) electrons. The Kier molecular flexibility index (Phi) is 5.78. The van der Waals surface area contributed by atoms with Crippen LogP contribution in [0.3, 0.4) is 0 Å². The van der Waals surface area contributed by atoms with Crippen LogP contribution in [0.15, 0.2) is 47.1 Å². The van der Waals surface area contributed by atoms with Gasteiger partial charge in [-0.25, -0.2) is 4.63 Å². The van der Waals surface area contributed by atoms with Crippen LogP contribution in [0.5, 0.6) is 5.75 Å². The fourth-order valence-corrected chi connectivity index (χ4v) is 2.91. The van der Waals surface area contributed by atoms with E-state index in [0.29, 0.717) is 21.3 Å². The molecule has 0 aliphatic rings. The maximum Gasteiger partial charge on any atom is 0.249 e. The Morgan fingerprint density at radius 3 is 2.70 bits per heavy atom. The molecule has 0 unspecified atom stereocenters. The molecule has 1 N–H and O–H groups in total. The topological polar surface area (TPSA) is 77.2 Å². The third-order valence-electron chi connectivity index (χ3n) is 3.80. The third-order valence-corrected chi connectivity index (χ3v) is 4.36. The highest BCUT2D eigenvalue weighted by Gasteiger charge is 2.16. The summed E-state index contributed by atoms with van der Waals surface area (Å²) >= 11 is 11.9. The molecule has 6 nitrogen and oxygen atoms in total. The molecule has 1 amide bonds. The van der Waals surface area contributed by atoms with Gasteiger partial charge in [0.15, 0.2) is 5.69 Å². The normalized spacial score (nSPS) is 11.0. The fourth-order valence-electron chi connectivity index (χ4n) is 2.44. The van der Waals surface area contributed by atoms with Crippen molar-refractivity contribution in [3.05, 3.63) is 63.6 Å². The van der Waals surface area contributed by atoms with Gasteiger partial charge in [-0.15, -0.1) is 0 Å². The number of carbonyl (C=O) groups excluding carboxylic acids is 1. The van der Waals surface area contributed by atoms with Crippen molar-refractivity contribution in [2.45, 2.75) is 6.92 Å². The van der Waals surface area contributed by atoms with Gasteiger partial charge in [-0.05, 0) is 64.8 Å². The first-order valence-corrected chi connectivity index (χ1v) is 8.65. The molecule has 0 saturated carbocycles. The minimum absolute atomic E-state index is 0.222. The molecule has 138 valence electrons. The molecule has 0 saturated heterocycles. The summed E-state index contributed by atoms with van der Waals surface area (Å²) in [7, 11) is 1.59. The summed E-state index contributed by atoms with van der Waals surface area (Å²) in [5.41, 5.74) is 2.78. The Balaban J connectivity index is 1.78. The van der Waals surface area contributed by atoms with E-state index in [4.69, 9.17) is 32.6 Å². The molecular weight excluding hydrogens is 389 g/mol. The van der Waals surface area contributed by atoms with E-state index in [1.165, 1.54) is 6.08 Å².